The van der Waals surface area contributed by atoms with Gasteiger partial charge in [-0.25, -0.2) is 4.98 Å². The van der Waals surface area contributed by atoms with E-state index in [1.54, 1.807) is 12.3 Å². The van der Waals surface area contributed by atoms with Gasteiger partial charge in [0.1, 0.15) is 11.4 Å². The van der Waals surface area contributed by atoms with Crippen molar-refractivity contribution < 1.29 is 14.3 Å². The summed E-state index contributed by atoms with van der Waals surface area (Å²) in [6, 6.07) is 9.41. The third-order valence-electron chi connectivity index (χ3n) is 3.89. The molecule has 7 nitrogen and oxygen atoms in total. The zero-order valence-corrected chi connectivity index (χ0v) is 15.6. The van der Waals surface area contributed by atoms with Crippen molar-refractivity contribution in [2.75, 3.05) is 11.9 Å². The molecular weight excluding hydrogens is 364 g/mol. The van der Waals surface area contributed by atoms with Crippen LogP contribution in [0.25, 0.3) is 11.3 Å². The van der Waals surface area contributed by atoms with Crippen LogP contribution in [-0.4, -0.2) is 28.4 Å². The fraction of sp³-hybridized carbons (Fsp3) is 0.211. The summed E-state index contributed by atoms with van der Waals surface area (Å²) in [5.74, 6) is 0.193. The van der Waals surface area contributed by atoms with Crippen molar-refractivity contribution in [2.24, 2.45) is 5.73 Å². The molecule has 27 heavy (non-hydrogen) atoms. The van der Waals surface area contributed by atoms with Crippen LogP contribution in [0.5, 0.6) is 5.75 Å². The number of aryl methyl sites for hydroxylation is 1. The van der Waals surface area contributed by atoms with Gasteiger partial charge in [0.05, 0.1) is 12.3 Å². The zero-order chi connectivity index (χ0) is 19.2. The van der Waals surface area contributed by atoms with Gasteiger partial charge in [0.2, 0.25) is 5.91 Å². The number of benzene rings is 1. The van der Waals surface area contributed by atoms with E-state index >= 15 is 0 Å². The van der Waals surface area contributed by atoms with Crippen LogP contribution < -0.4 is 15.8 Å². The lowest BCUT2D eigenvalue weighted by atomic mass is 10.2. The van der Waals surface area contributed by atoms with E-state index in [4.69, 9.17) is 10.5 Å². The summed E-state index contributed by atoms with van der Waals surface area (Å²) in [5.41, 5.74) is 8.02. The molecule has 0 bridgehead atoms. The monoisotopic (exact) mass is 384 g/mol. The summed E-state index contributed by atoms with van der Waals surface area (Å²) in [7, 11) is 0. The molecule has 0 saturated heterocycles. The molecule has 3 rings (SSSR count). The van der Waals surface area contributed by atoms with Gasteiger partial charge in [0.25, 0.3) is 5.91 Å². The van der Waals surface area contributed by atoms with Crippen LogP contribution in [0.15, 0.2) is 41.9 Å². The summed E-state index contributed by atoms with van der Waals surface area (Å²) in [6.45, 7) is 2.46. The molecule has 0 aliphatic heterocycles. The molecule has 0 aliphatic rings. The maximum absolute atomic E-state index is 12.1. The number of carbonyl (C=O) groups is 2. The smallest absolute Gasteiger partial charge is 0.265 e. The second-order valence-corrected chi connectivity index (χ2v) is 6.83. The average molecular weight is 384 g/mol. The molecule has 1 aromatic carbocycles. The molecule has 0 radical (unpaired) electrons. The molecule has 0 spiro atoms. The van der Waals surface area contributed by atoms with E-state index in [1.165, 1.54) is 11.3 Å². The lowest BCUT2D eigenvalue weighted by Gasteiger charge is -2.08. The van der Waals surface area contributed by atoms with Gasteiger partial charge in [-0.3, -0.25) is 9.59 Å². The minimum Gasteiger partial charge on any atom is -0.493 e. The Kier molecular flexibility index (Phi) is 5.87. The number of primary amides is 1. The van der Waals surface area contributed by atoms with Gasteiger partial charge < -0.3 is 20.8 Å². The summed E-state index contributed by atoms with van der Waals surface area (Å²) >= 11 is 1.32. The number of thiazole rings is 1. The molecule has 2 amide bonds. The molecule has 0 saturated carbocycles. The molecule has 8 heteroatoms. The number of hydrogen-bond acceptors (Lipinski definition) is 5. The number of anilines is 1. The number of nitrogens with one attached hydrogen (secondary N) is 2. The first kappa shape index (κ1) is 18.7. The van der Waals surface area contributed by atoms with Gasteiger partial charge in [-0.1, -0.05) is 18.2 Å². The quantitative estimate of drug-likeness (QED) is 0.517. The Morgan fingerprint density at radius 3 is 2.89 bits per heavy atom. The highest BCUT2D eigenvalue weighted by Crippen LogP contribution is 2.25. The Labute approximate surface area is 160 Å². The van der Waals surface area contributed by atoms with Crippen molar-refractivity contribution in [1.82, 2.24) is 9.97 Å². The van der Waals surface area contributed by atoms with Gasteiger partial charge >= 0.3 is 0 Å². The molecule has 3 aromatic rings. The highest BCUT2D eigenvalue weighted by Gasteiger charge is 2.11. The molecule has 2 aromatic heterocycles. The molecule has 0 atom stereocenters. The van der Waals surface area contributed by atoms with E-state index < -0.39 is 5.91 Å². The van der Waals surface area contributed by atoms with Crippen LogP contribution in [0.4, 0.5) is 5.13 Å². The van der Waals surface area contributed by atoms with E-state index in [0.29, 0.717) is 36.0 Å². The van der Waals surface area contributed by atoms with Gasteiger partial charge in [-0.2, -0.15) is 0 Å². The molecule has 140 valence electrons. The van der Waals surface area contributed by atoms with E-state index in [9.17, 15) is 9.59 Å². The second-order valence-electron chi connectivity index (χ2n) is 5.97. The largest absolute Gasteiger partial charge is 0.493 e. The van der Waals surface area contributed by atoms with Crippen LogP contribution >= 0.6 is 11.3 Å². The Balaban J connectivity index is 1.46. The van der Waals surface area contributed by atoms with Crippen LogP contribution in [0.1, 0.15) is 28.9 Å². The van der Waals surface area contributed by atoms with Crippen molar-refractivity contribution in [3.05, 3.63) is 53.2 Å². The molecule has 0 unspecified atom stereocenters. The van der Waals surface area contributed by atoms with Gasteiger partial charge in [0.15, 0.2) is 5.13 Å². The Morgan fingerprint density at radius 2 is 2.15 bits per heavy atom. The standard InChI is InChI=1S/C19H20N4O3S/c1-12-5-2-3-6-16(12)26-8-4-7-17(24)23-19-22-15(11-27-19)13-9-14(18(20)25)21-10-13/h2-3,5-6,9-11,21H,4,7-8H2,1H3,(H2,20,25)(H,22,23,24). The van der Waals surface area contributed by atoms with Crippen molar-refractivity contribution in [1.29, 1.82) is 0 Å². The van der Waals surface area contributed by atoms with E-state index in [0.717, 1.165) is 16.9 Å². The number of nitrogens with two attached hydrogens (primary N) is 1. The number of carbonyl (C=O) groups excluding carboxylic acids is 2. The number of aromatic amines is 1. The topological polar surface area (TPSA) is 110 Å². The van der Waals surface area contributed by atoms with E-state index in [-0.39, 0.29) is 5.91 Å². The number of para-hydroxylation sites is 1. The number of rotatable bonds is 8. The van der Waals surface area contributed by atoms with Crippen LogP contribution in [0.2, 0.25) is 0 Å². The number of aromatic nitrogens is 2. The summed E-state index contributed by atoms with van der Waals surface area (Å²) in [6.07, 6.45) is 2.61. The van der Waals surface area contributed by atoms with Gasteiger partial charge in [-0.15, -0.1) is 11.3 Å². The fourth-order valence-electron chi connectivity index (χ4n) is 2.46. The molecule has 0 fully saturated rings. The minimum absolute atomic E-state index is 0.115. The SMILES string of the molecule is Cc1ccccc1OCCCC(=O)Nc1nc(-c2c[nH]c(C(N)=O)c2)cs1. The first-order valence-electron chi connectivity index (χ1n) is 8.45. The predicted molar refractivity (Wildman–Crippen MR) is 105 cm³/mol. The first-order valence-corrected chi connectivity index (χ1v) is 9.33. The lowest BCUT2D eigenvalue weighted by Crippen LogP contribution is -2.12. The maximum Gasteiger partial charge on any atom is 0.265 e. The molecular formula is C19H20N4O3S. The molecule has 2 heterocycles. The highest BCUT2D eigenvalue weighted by molar-refractivity contribution is 7.14. The Morgan fingerprint density at radius 1 is 1.33 bits per heavy atom. The number of H-pyrrole nitrogens is 1. The fourth-order valence-corrected chi connectivity index (χ4v) is 3.20. The van der Waals surface area contributed by atoms with Crippen LogP contribution in [-0.2, 0) is 4.79 Å². The molecule has 4 N–H and O–H groups in total. The van der Waals surface area contributed by atoms with Crippen LogP contribution in [0, 0.1) is 6.92 Å². The molecule has 0 aliphatic carbocycles. The normalized spacial score (nSPS) is 10.6. The summed E-state index contributed by atoms with van der Waals surface area (Å²) in [4.78, 5) is 30.4. The van der Waals surface area contributed by atoms with Crippen LogP contribution in [0.3, 0.4) is 0 Å². The van der Waals surface area contributed by atoms with Crippen molar-refractivity contribution in [2.45, 2.75) is 19.8 Å². The Hall–Kier alpha value is -3.13. The minimum atomic E-state index is -0.530. The number of hydrogen-bond donors (Lipinski definition) is 3. The highest BCUT2D eigenvalue weighted by atomic mass is 32.1. The number of nitrogens with zero attached hydrogens (tertiary/aromatic N) is 1. The predicted octanol–water partition coefficient (Wildman–Crippen LogP) is 3.34. The summed E-state index contributed by atoms with van der Waals surface area (Å²) < 4.78 is 5.69. The van der Waals surface area contributed by atoms with Gasteiger partial charge in [0, 0.05) is 23.6 Å². The summed E-state index contributed by atoms with van der Waals surface area (Å²) in [5, 5.41) is 5.10. The van der Waals surface area contributed by atoms with E-state index in [2.05, 4.69) is 15.3 Å². The van der Waals surface area contributed by atoms with Crippen molar-refractivity contribution in [3.8, 4) is 17.0 Å². The van der Waals surface area contributed by atoms with Crippen molar-refractivity contribution in [3.63, 3.8) is 0 Å². The number of amides is 2. The zero-order valence-electron chi connectivity index (χ0n) is 14.8. The van der Waals surface area contributed by atoms with Gasteiger partial charge in [-0.05, 0) is 31.0 Å². The third kappa shape index (κ3) is 4.95. The van der Waals surface area contributed by atoms with E-state index in [1.807, 2.05) is 36.6 Å². The second kappa shape index (κ2) is 8.50. The van der Waals surface area contributed by atoms with Crippen molar-refractivity contribution >= 4 is 28.3 Å². The third-order valence-corrected chi connectivity index (χ3v) is 4.65. The Bertz CT molecular complexity index is 948. The first-order chi connectivity index (χ1) is 13.0. The lowest BCUT2D eigenvalue weighted by molar-refractivity contribution is -0.116. The average Bonchev–Trinajstić information content (AvgIpc) is 3.29. The maximum atomic E-state index is 12.1. The number of ether oxygens (including phenoxy) is 1.